The summed E-state index contributed by atoms with van der Waals surface area (Å²) in [5.41, 5.74) is 8.06. The lowest BCUT2D eigenvalue weighted by atomic mass is 9.86. The molecule has 0 fully saturated rings. The summed E-state index contributed by atoms with van der Waals surface area (Å²) in [6.45, 7) is 0. The normalized spacial score (nSPS) is 12.0. The van der Waals surface area contributed by atoms with Crippen LogP contribution in [0.1, 0.15) is 0 Å². The molecule has 0 N–H and O–H groups in total. The summed E-state index contributed by atoms with van der Waals surface area (Å²) in [5, 5.41) is 9.27. The molecular formula is C38H22O2. The van der Waals surface area contributed by atoms with Crippen LogP contribution < -0.4 is 0 Å². The molecule has 7 aromatic carbocycles. The van der Waals surface area contributed by atoms with Gasteiger partial charge in [0, 0.05) is 38.2 Å². The van der Waals surface area contributed by atoms with Gasteiger partial charge in [-0.25, -0.2) is 0 Å². The molecule has 9 rings (SSSR count). The Morgan fingerprint density at radius 3 is 1.68 bits per heavy atom. The van der Waals surface area contributed by atoms with Gasteiger partial charge in [0.05, 0.1) is 0 Å². The van der Waals surface area contributed by atoms with Crippen LogP contribution in [0.4, 0.5) is 0 Å². The maximum absolute atomic E-state index is 6.80. The number of benzene rings is 7. The van der Waals surface area contributed by atoms with E-state index in [0.29, 0.717) is 0 Å². The molecule has 2 heteroatoms. The Hall–Kier alpha value is -5.34. The Morgan fingerprint density at radius 1 is 0.325 bits per heavy atom. The molecule has 0 atom stereocenters. The summed E-state index contributed by atoms with van der Waals surface area (Å²) in [5.74, 6) is 0. The number of para-hydroxylation sites is 3. The van der Waals surface area contributed by atoms with Gasteiger partial charge in [-0.3, -0.25) is 0 Å². The van der Waals surface area contributed by atoms with Crippen molar-refractivity contribution >= 4 is 65.4 Å². The fourth-order valence-corrected chi connectivity index (χ4v) is 6.58. The Kier molecular flexibility index (Phi) is 4.36. The lowest BCUT2D eigenvalue weighted by molar-refractivity contribution is 0.665. The zero-order valence-electron chi connectivity index (χ0n) is 21.5. The van der Waals surface area contributed by atoms with Gasteiger partial charge < -0.3 is 8.83 Å². The standard InChI is InChI=1S/C38H22O2/c1-2-13-24-23(11-1)12-9-18-26(24)34-27-15-3-4-16-28(27)35(38-36(34)30-17-6-8-22-33(30)40-38)31-20-10-19-29-25-14-5-7-21-32(25)39-37(29)31/h1-22H. The van der Waals surface area contributed by atoms with Crippen molar-refractivity contribution in [3.63, 3.8) is 0 Å². The number of hydrogen-bond donors (Lipinski definition) is 0. The van der Waals surface area contributed by atoms with Crippen LogP contribution in [0, 0.1) is 0 Å². The Morgan fingerprint density at radius 2 is 0.850 bits per heavy atom. The van der Waals surface area contributed by atoms with Crippen molar-refractivity contribution in [3.05, 3.63) is 133 Å². The fraction of sp³-hybridized carbons (Fsp3) is 0. The van der Waals surface area contributed by atoms with Crippen LogP contribution in [0.25, 0.3) is 87.7 Å². The zero-order valence-corrected chi connectivity index (χ0v) is 21.5. The van der Waals surface area contributed by atoms with Crippen LogP contribution in [0.5, 0.6) is 0 Å². The molecule has 2 heterocycles. The van der Waals surface area contributed by atoms with E-state index in [1.807, 2.05) is 18.2 Å². The SMILES string of the molecule is c1ccc2c(-c3c4ccccc4c(-c4cccc5c4oc4ccccc45)c4oc5ccccc5c34)cccc2c1. The van der Waals surface area contributed by atoms with E-state index in [2.05, 4.69) is 115 Å². The molecule has 0 unspecified atom stereocenters. The summed E-state index contributed by atoms with van der Waals surface area (Å²) in [6, 6.07) is 47.0. The first-order valence-corrected chi connectivity index (χ1v) is 13.6. The predicted octanol–water partition coefficient (Wildman–Crippen LogP) is 11.1. The Balaban J connectivity index is 1.53. The highest BCUT2D eigenvalue weighted by Gasteiger charge is 2.24. The first-order chi connectivity index (χ1) is 19.9. The van der Waals surface area contributed by atoms with E-state index in [1.165, 1.54) is 27.3 Å². The molecule has 0 saturated carbocycles. The van der Waals surface area contributed by atoms with E-state index in [0.717, 1.165) is 60.4 Å². The summed E-state index contributed by atoms with van der Waals surface area (Å²) in [6.07, 6.45) is 0. The van der Waals surface area contributed by atoms with Crippen molar-refractivity contribution < 1.29 is 8.83 Å². The first-order valence-electron chi connectivity index (χ1n) is 13.6. The molecule has 9 aromatic rings. The maximum atomic E-state index is 6.80. The number of furan rings is 2. The monoisotopic (exact) mass is 510 g/mol. The molecule has 0 aliphatic heterocycles. The molecule has 0 saturated heterocycles. The van der Waals surface area contributed by atoms with Gasteiger partial charge in [0.15, 0.2) is 0 Å². The van der Waals surface area contributed by atoms with Gasteiger partial charge in [0.1, 0.15) is 22.3 Å². The second-order valence-corrected chi connectivity index (χ2v) is 10.4. The van der Waals surface area contributed by atoms with Gasteiger partial charge in [-0.15, -0.1) is 0 Å². The van der Waals surface area contributed by atoms with Crippen LogP contribution in [-0.4, -0.2) is 0 Å². The minimum atomic E-state index is 0.882. The van der Waals surface area contributed by atoms with Crippen LogP contribution in [-0.2, 0) is 0 Å². The molecule has 2 nitrogen and oxygen atoms in total. The van der Waals surface area contributed by atoms with E-state index in [9.17, 15) is 0 Å². The topological polar surface area (TPSA) is 26.3 Å². The van der Waals surface area contributed by atoms with E-state index < -0.39 is 0 Å². The van der Waals surface area contributed by atoms with Crippen molar-refractivity contribution in [2.24, 2.45) is 0 Å². The van der Waals surface area contributed by atoms with E-state index >= 15 is 0 Å². The molecule has 186 valence electrons. The van der Waals surface area contributed by atoms with Gasteiger partial charge in [0.25, 0.3) is 0 Å². The summed E-state index contributed by atoms with van der Waals surface area (Å²) < 4.78 is 13.3. The second kappa shape index (κ2) is 8.08. The third-order valence-corrected chi connectivity index (χ3v) is 8.27. The lowest BCUT2D eigenvalue weighted by Crippen LogP contribution is -1.90. The summed E-state index contributed by atoms with van der Waals surface area (Å²) in [7, 11) is 0. The van der Waals surface area contributed by atoms with Crippen LogP contribution in [0.3, 0.4) is 0 Å². The van der Waals surface area contributed by atoms with Crippen LogP contribution in [0.2, 0.25) is 0 Å². The Bertz CT molecular complexity index is 2430. The number of hydrogen-bond acceptors (Lipinski definition) is 2. The van der Waals surface area contributed by atoms with Crippen molar-refractivity contribution in [2.45, 2.75) is 0 Å². The summed E-state index contributed by atoms with van der Waals surface area (Å²) >= 11 is 0. The lowest BCUT2D eigenvalue weighted by Gasteiger charge is -2.16. The largest absolute Gasteiger partial charge is 0.455 e. The fourth-order valence-electron chi connectivity index (χ4n) is 6.58. The summed E-state index contributed by atoms with van der Waals surface area (Å²) in [4.78, 5) is 0. The van der Waals surface area contributed by atoms with Crippen molar-refractivity contribution in [2.75, 3.05) is 0 Å². The van der Waals surface area contributed by atoms with Crippen LogP contribution >= 0.6 is 0 Å². The van der Waals surface area contributed by atoms with Gasteiger partial charge >= 0.3 is 0 Å². The molecule has 0 aliphatic carbocycles. The van der Waals surface area contributed by atoms with Gasteiger partial charge in [-0.05, 0) is 39.2 Å². The molecule has 0 spiro atoms. The van der Waals surface area contributed by atoms with E-state index in [-0.39, 0.29) is 0 Å². The predicted molar refractivity (Wildman–Crippen MR) is 167 cm³/mol. The Labute approximate surface area is 229 Å². The minimum Gasteiger partial charge on any atom is -0.455 e. The smallest absolute Gasteiger partial charge is 0.144 e. The third kappa shape index (κ3) is 2.88. The molecule has 0 radical (unpaired) electrons. The molecule has 0 bridgehead atoms. The highest BCUT2D eigenvalue weighted by molar-refractivity contribution is 6.29. The highest BCUT2D eigenvalue weighted by atomic mass is 16.3. The van der Waals surface area contributed by atoms with Gasteiger partial charge in [0.2, 0.25) is 0 Å². The first kappa shape index (κ1) is 21.6. The van der Waals surface area contributed by atoms with E-state index in [1.54, 1.807) is 0 Å². The number of rotatable bonds is 2. The zero-order chi connectivity index (χ0) is 26.2. The highest BCUT2D eigenvalue weighted by Crippen LogP contribution is 2.50. The molecular weight excluding hydrogens is 488 g/mol. The van der Waals surface area contributed by atoms with Gasteiger partial charge in [-0.2, -0.15) is 0 Å². The van der Waals surface area contributed by atoms with Crippen molar-refractivity contribution in [1.82, 2.24) is 0 Å². The third-order valence-electron chi connectivity index (χ3n) is 8.27. The minimum absolute atomic E-state index is 0.882. The molecule has 0 aliphatic rings. The van der Waals surface area contributed by atoms with Crippen LogP contribution in [0.15, 0.2) is 142 Å². The van der Waals surface area contributed by atoms with Crippen molar-refractivity contribution in [3.8, 4) is 22.3 Å². The molecule has 0 amide bonds. The second-order valence-electron chi connectivity index (χ2n) is 10.4. The molecule has 40 heavy (non-hydrogen) atoms. The van der Waals surface area contributed by atoms with E-state index in [4.69, 9.17) is 8.83 Å². The maximum Gasteiger partial charge on any atom is 0.144 e. The quantitative estimate of drug-likeness (QED) is 0.231. The average molecular weight is 511 g/mol. The van der Waals surface area contributed by atoms with Gasteiger partial charge in [-0.1, -0.05) is 121 Å². The average Bonchev–Trinajstić information content (AvgIpc) is 3.59. The molecule has 2 aromatic heterocycles. The van der Waals surface area contributed by atoms with Crippen molar-refractivity contribution in [1.29, 1.82) is 0 Å². The number of fused-ring (bicyclic) bond motifs is 8.